The van der Waals surface area contributed by atoms with Gasteiger partial charge in [0.05, 0.1) is 6.07 Å². The smallest absolute Gasteiger partial charge is 0.237 e. The maximum absolute atomic E-state index is 11.5. The van der Waals surface area contributed by atoms with Crippen LogP contribution in [0.15, 0.2) is 28.7 Å². The molecular weight excluding hydrogens is 280 g/mol. The zero-order valence-corrected chi connectivity index (χ0v) is 11.3. The average Bonchev–Trinajstić information content (AvgIpc) is 2.30. The molecule has 1 N–H and O–H groups in total. The molecule has 0 spiro atoms. The molecule has 90 valence electrons. The lowest BCUT2D eigenvalue weighted by molar-refractivity contribution is -0.123. The monoisotopic (exact) mass is 294 g/mol. The molecule has 0 saturated heterocycles. The lowest BCUT2D eigenvalue weighted by atomic mass is 10.1. The summed E-state index contributed by atoms with van der Waals surface area (Å²) >= 11 is 3.40. The first kappa shape index (κ1) is 13.7. The minimum atomic E-state index is -0.530. The highest BCUT2D eigenvalue weighted by Crippen LogP contribution is 2.11. The highest BCUT2D eigenvalue weighted by Gasteiger charge is 2.14. The third-order valence-electron chi connectivity index (χ3n) is 2.48. The molecule has 1 atom stereocenters. The first-order valence-electron chi connectivity index (χ1n) is 5.59. The van der Waals surface area contributed by atoms with E-state index in [1.54, 1.807) is 0 Å². The number of carbonyl (C=O) groups is 1. The van der Waals surface area contributed by atoms with Crippen molar-refractivity contribution >= 4 is 21.8 Å². The fraction of sp³-hybridized carbons (Fsp3) is 0.385. The number of benzene rings is 1. The predicted octanol–water partition coefficient (Wildman–Crippen LogP) is 2.66. The number of hydrogen-bond donors (Lipinski definition) is 1. The first-order valence-corrected chi connectivity index (χ1v) is 6.38. The summed E-state index contributed by atoms with van der Waals surface area (Å²) in [5.41, 5.74) is 1.16. The lowest BCUT2D eigenvalue weighted by Gasteiger charge is -2.08. The topological polar surface area (TPSA) is 52.9 Å². The number of nitriles is 1. The van der Waals surface area contributed by atoms with E-state index in [0.717, 1.165) is 16.5 Å². The van der Waals surface area contributed by atoms with Crippen LogP contribution in [0.3, 0.4) is 0 Å². The minimum Gasteiger partial charge on any atom is -0.355 e. The quantitative estimate of drug-likeness (QED) is 0.908. The maximum Gasteiger partial charge on any atom is 0.237 e. The summed E-state index contributed by atoms with van der Waals surface area (Å²) in [6.07, 6.45) is 1.33. The Bertz CT molecular complexity index is 426. The van der Waals surface area contributed by atoms with Crippen molar-refractivity contribution in [1.82, 2.24) is 5.32 Å². The van der Waals surface area contributed by atoms with E-state index < -0.39 is 5.92 Å². The van der Waals surface area contributed by atoms with Gasteiger partial charge in [-0.3, -0.25) is 4.79 Å². The van der Waals surface area contributed by atoms with E-state index in [9.17, 15) is 4.79 Å². The van der Waals surface area contributed by atoms with Crippen LogP contribution in [0.4, 0.5) is 0 Å². The van der Waals surface area contributed by atoms with E-state index in [0.29, 0.717) is 13.0 Å². The number of rotatable bonds is 5. The Labute approximate surface area is 110 Å². The van der Waals surface area contributed by atoms with Crippen molar-refractivity contribution in [3.8, 4) is 6.07 Å². The Hall–Kier alpha value is -1.34. The van der Waals surface area contributed by atoms with Gasteiger partial charge in [-0.25, -0.2) is 0 Å². The molecule has 0 fully saturated rings. The largest absolute Gasteiger partial charge is 0.355 e. The molecule has 17 heavy (non-hydrogen) atoms. The van der Waals surface area contributed by atoms with Crippen molar-refractivity contribution in [3.63, 3.8) is 0 Å². The van der Waals surface area contributed by atoms with Crippen molar-refractivity contribution < 1.29 is 4.79 Å². The van der Waals surface area contributed by atoms with E-state index >= 15 is 0 Å². The third kappa shape index (κ3) is 4.58. The van der Waals surface area contributed by atoms with Crippen molar-refractivity contribution in [2.24, 2.45) is 5.92 Å². The van der Waals surface area contributed by atoms with Gasteiger partial charge in [-0.05, 0) is 30.5 Å². The van der Waals surface area contributed by atoms with Crippen molar-refractivity contribution in [3.05, 3.63) is 34.3 Å². The number of nitrogens with zero attached hydrogens (tertiary/aromatic N) is 1. The molecule has 0 radical (unpaired) electrons. The number of carbonyl (C=O) groups excluding carboxylic acids is 1. The maximum atomic E-state index is 11.5. The van der Waals surface area contributed by atoms with Gasteiger partial charge in [0, 0.05) is 11.0 Å². The van der Waals surface area contributed by atoms with E-state index in [-0.39, 0.29) is 5.91 Å². The average molecular weight is 295 g/mol. The van der Waals surface area contributed by atoms with Crippen LogP contribution in [0.25, 0.3) is 0 Å². The molecule has 1 aromatic carbocycles. The molecular formula is C13H15BrN2O. The third-order valence-corrected chi connectivity index (χ3v) is 2.98. The molecule has 1 amide bonds. The summed E-state index contributed by atoms with van der Waals surface area (Å²) in [6, 6.07) is 9.95. The van der Waals surface area contributed by atoms with Crippen molar-refractivity contribution in [1.29, 1.82) is 5.26 Å². The van der Waals surface area contributed by atoms with Crippen LogP contribution >= 0.6 is 15.9 Å². The number of nitrogens with one attached hydrogen (secondary N) is 1. The van der Waals surface area contributed by atoms with Crippen LogP contribution < -0.4 is 5.32 Å². The van der Waals surface area contributed by atoms with Gasteiger partial charge in [0.1, 0.15) is 5.92 Å². The van der Waals surface area contributed by atoms with E-state index in [4.69, 9.17) is 5.26 Å². The van der Waals surface area contributed by atoms with Crippen LogP contribution in [0, 0.1) is 17.2 Å². The Morgan fingerprint density at radius 2 is 2.35 bits per heavy atom. The molecule has 1 rings (SSSR count). The molecule has 0 aliphatic heterocycles. The summed E-state index contributed by atoms with van der Waals surface area (Å²) in [5.74, 6) is -0.706. The Kier molecular flexibility index (Phi) is 5.71. The highest BCUT2D eigenvalue weighted by molar-refractivity contribution is 9.10. The summed E-state index contributed by atoms with van der Waals surface area (Å²) in [5, 5.41) is 11.5. The Morgan fingerprint density at radius 1 is 1.59 bits per heavy atom. The van der Waals surface area contributed by atoms with Gasteiger partial charge in [-0.15, -0.1) is 0 Å². The van der Waals surface area contributed by atoms with Gasteiger partial charge in [-0.2, -0.15) is 5.26 Å². The fourth-order valence-electron chi connectivity index (χ4n) is 1.48. The van der Waals surface area contributed by atoms with E-state index in [1.807, 2.05) is 37.3 Å². The van der Waals surface area contributed by atoms with Crippen LogP contribution in [0.1, 0.15) is 18.9 Å². The van der Waals surface area contributed by atoms with Gasteiger partial charge in [0.2, 0.25) is 5.91 Å². The van der Waals surface area contributed by atoms with Crippen LogP contribution in [-0.4, -0.2) is 12.5 Å². The molecule has 0 aliphatic rings. The van der Waals surface area contributed by atoms with E-state index in [2.05, 4.69) is 21.2 Å². The van der Waals surface area contributed by atoms with Gasteiger partial charge >= 0.3 is 0 Å². The van der Waals surface area contributed by atoms with E-state index in [1.165, 1.54) is 0 Å². The summed E-state index contributed by atoms with van der Waals surface area (Å²) in [6.45, 7) is 2.40. The second-order valence-electron chi connectivity index (χ2n) is 3.76. The molecule has 0 aliphatic carbocycles. The molecule has 1 unspecified atom stereocenters. The summed E-state index contributed by atoms with van der Waals surface area (Å²) < 4.78 is 1.03. The molecule has 1 aromatic rings. The first-order chi connectivity index (χ1) is 8.17. The number of hydrogen-bond acceptors (Lipinski definition) is 2. The zero-order valence-electron chi connectivity index (χ0n) is 9.74. The number of halogens is 1. The fourth-order valence-corrected chi connectivity index (χ4v) is 1.93. The van der Waals surface area contributed by atoms with Gasteiger partial charge in [-0.1, -0.05) is 35.0 Å². The SMILES string of the molecule is CCC(C#N)C(=O)NCCc1cccc(Br)c1. The van der Waals surface area contributed by atoms with Crippen molar-refractivity contribution in [2.45, 2.75) is 19.8 Å². The molecule has 4 heteroatoms. The summed E-state index contributed by atoms with van der Waals surface area (Å²) in [4.78, 5) is 11.5. The van der Waals surface area contributed by atoms with Gasteiger partial charge in [0.15, 0.2) is 0 Å². The lowest BCUT2D eigenvalue weighted by Crippen LogP contribution is -2.31. The van der Waals surface area contributed by atoms with Crippen LogP contribution in [-0.2, 0) is 11.2 Å². The Balaban J connectivity index is 2.38. The van der Waals surface area contributed by atoms with Gasteiger partial charge in [0.25, 0.3) is 0 Å². The predicted molar refractivity (Wildman–Crippen MR) is 70.2 cm³/mol. The molecule has 0 bridgehead atoms. The second kappa shape index (κ2) is 7.08. The van der Waals surface area contributed by atoms with Crippen LogP contribution in [0.2, 0.25) is 0 Å². The minimum absolute atomic E-state index is 0.176. The molecule has 3 nitrogen and oxygen atoms in total. The van der Waals surface area contributed by atoms with Crippen LogP contribution in [0.5, 0.6) is 0 Å². The number of amides is 1. The van der Waals surface area contributed by atoms with Gasteiger partial charge < -0.3 is 5.32 Å². The van der Waals surface area contributed by atoms with Crippen molar-refractivity contribution in [2.75, 3.05) is 6.54 Å². The molecule has 0 saturated carbocycles. The second-order valence-corrected chi connectivity index (χ2v) is 4.68. The highest BCUT2D eigenvalue weighted by atomic mass is 79.9. The standard InChI is InChI=1S/C13H15BrN2O/c1-2-11(9-15)13(17)16-7-6-10-4-3-5-12(14)8-10/h3-5,8,11H,2,6-7H2,1H3,(H,16,17). The molecule has 0 heterocycles. The summed E-state index contributed by atoms with van der Waals surface area (Å²) in [7, 11) is 0. The zero-order chi connectivity index (χ0) is 12.7. The Morgan fingerprint density at radius 3 is 2.94 bits per heavy atom. The normalized spacial score (nSPS) is 11.6. The molecule has 0 aromatic heterocycles.